The van der Waals surface area contributed by atoms with Crippen molar-refractivity contribution in [2.45, 2.75) is 26.3 Å². The summed E-state index contributed by atoms with van der Waals surface area (Å²) in [6.45, 7) is 5.86. The lowest BCUT2D eigenvalue weighted by Gasteiger charge is -2.30. The quantitative estimate of drug-likeness (QED) is 0.806. The van der Waals surface area contributed by atoms with Crippen LogP contribution in [0, 0.1) is 5.92 Å². The molecule has 3 heteroatoms. The summed E-state index contributed by atoms with van der Waals surface area (Å²) in [5.74, 6) is 0.847. The van der Waals surface area contributed by atoms with Crippen LogP contribution in [0.4, 0.5) is 5.69 Å². The molecular weight excluding hydrogens is 220 g/mol. The molecule has 90 valence electrons. The minimum Gasteiger partial charge on any atom is -0.399 e. The number of nitrogens with zero attached hydrogens (tertiary/aromatic N) is 1. The van der Waals surface area contributed by atoms with Gasteiger partial charge in [0.25, 0.3) is 0 Å². The largest absolute Gasteiger partial charge is 0.399 e. The van der Waals surface area contributed by atoms with Gasteiger partial charge >= 0.3 is 0 Å². The van der Waals surface area contributed by atoms with Gasteiger partial charge in [0.05, 0.1) is 0 Å². The van der Waals surface area contributed by atoms with E-state index in [-0.39, 0.29) is 12.4 Å². The van der Waals surface area contributed by atoms with E-state index in [9.17, 15) is 0 Å². The first kappa shape index (κ1) is 13.3. The van der Waals surface area contributed by atoms with Crippen LogP contribution in [0.5, 0.6) is 0 Å². The van der Waals surface area contributed by atoms with Gasteiger partial charge in [0.2, 0.25) is 0 Å². The van der Waals surface area contributed by atoms with Gasteiger partial charge in [-0.3, -0.25) is 4.90 Å². The van der Waals surface area contributed by atoms with Crippen LogP contribution in [0.25, 0.3) is 0 Å². The van der Waals surface area contributed by atoms with Crippen molar-refractivity contribution in [3.05, 3.63) is 29.8 Å². The topological polar surface area (TPSA) is 29.3 Å². The van der Waals surface area contributed by atoms with E-state index in [1.54, 1.807) is 0 Å². The molecule has 1 atom stereocenters. The summed E-state index contributed by atoms with van der Waals surface area (Å²) in [6, 6.07) is 8.23. The van der Waals surface area contributed by atoms with Gasteiger partial charge in [-0.25, -0.2) is 0 Å². The normalized spacial score (nSPS) is 21.4. The fourth-order valence-electron chi connectivity index (χ4n) is 2.38. The minimum absolute atomic E-state index is 0. The van der Waals surface area contributed by atoms with Gasteiger partial charge in [0.15, 0.2) is 0 Å². The maximum atomic E-state index is 5.77. The van der Waals surface area contributed by atoms with Crippen LogP contribution in [0.15, 0.2) is 24.3 Å². The SMILES string of the molecule is CC1CCCN(Cc2cccc(N)c2)C1.Cl. The first-order valence-corrected chi connectivity index (χ1v) is 5.81. The molecule has 2 rings (SSSR count). The van der Waals surface area contributed by atoms with Crippen molar-refractivity contribution in [2.75, 3.05) is 18.8 Å². The Morgan fingerprint density at radius 2 is 2.25 bits per heavy atom. The predicted molar refractivity (Wildman–Crippen MR) is 71.8 cm³/mol. The molecule has 0 aliphatic carbocycles. The average Bonchev–Trinajstić information content (AvgIpc) is 2.17. The number of nitrogens with two attached hydrogens (primary N) is 1. The molecule has 1 aromatic rings. The summed E-state index contributed by atoms with van der Waals surface area (Å²) in [6.07, 6.45) is 2.72. The standard InChI is InChI=1S/C13H20N2.ClH/c1-11-4-3-7-15(9-11)10-12-5-2-6-13(14)8-12;/h2,5-6,8,11H,3-4,7,9-10,14H2,1H3;1H. The summed E-state index contributed by atoms with van der Waals surface area (Å²) in [7, 11) is 0. The van der Waals surface area contributed by atoms with Crippen molar-refractivity contribution in [3.8, 4) is 0 Å². The second kappa shape index (κ2) is 6.12. The van der Waals surface area contributed by atoms with Gasteiger partial charge in [-0.1, -0.05) is 19.1 Å². The van der Waals surface area contributed by atoms with E-state index < -0.39 is 0 Å². The maximum Gasteiger partial charge on any atom is 0.0317 e. The molecule has 0 saturated carbocycles. The highest BCUT2D eigenvalue weighted by Gasteiger charge is 2.15. The number of nitrogen functional groups attached to an aromatic ring is 1. The van der Waals surface area contributed by atoms with Crippen LogP contribution in [0.2, 0.25) is 0 Å². The Labute approximate surface area is 104 Å². The summed E-state index contributed by atoms with van der Waals surface area (Å²) in [5, 5.41) is 0. The number of hydrogen-bond acceptors (Lipinski definition) is 2. The maximum absolute atomic E-state index is 5.77. The van der Waals surface area contributed by atoms with Crippen molar-refractivity contribution in [2.24, 2.45) is 5.92 Å². The second-order valence-corrected chi connectivity index (χ2v) is 4.73. The third-order valence-electron chi connectivity index (χ3n) is 3.10. The molecule has 1 aliphatic heterocycles. The van der Waals surface area contributed by atoms with Crippen molar-refractivity contribution >= 4 is 18.1 Å². The van der Waals surface area contributed by atoms with E-state index in [1.165, 1.54) is 31.5 Å². The van der Waals surface area contributed by atoms with Gasteiger partial charge in [-0.2, -0.15) is 0 Å². The predicted octanol–water partition coefficient (Wildman–Crippen LogP) is 2.92. The molecule has 0 amide bonds. The number of hydrogen-bond donors (Lipinski definition) is 1. The molecule has 1 fully saturated rings. The molecule has 0 radical (unpaired) electrons. The molecular formula is C13H21ClN2. The lowest BCUT2D eigenvalue weighted by molar-refractivity contribution is 0.176. The monoisotopic (exact) mass is 240 g/mol. The van der Waals surface area contributed by atoms with E-state index in [4.69, 9.17) is 5.73 Å². The van der Waals surface area contributed by atoms with Crippen molar-refractivity contribution < 1.29 is 0 Å². The molecule has 2 nitrogen and oxygen atoms in total. The molecule has 1 heterocycles. The van der Waals surface area contributed by atoms with E-state index in [1.807, 2.05) is 12.1 Å². The second-order valence-electron chi connectivity index (χ2n) is 4.73. The molecule has 0 bridgehead atoms. The van der Waals surface area contributed by atoms with Crippen molar-refractivity contribution in [1.82, 2.24) is 4.90 Å². The zero-order valence-electron chi connectivity index (χ0n) is 9.86. The van der Waals surface area contributed by atoms with Crippen molar-refractivity contribution in [1.29, 1.82) is 0 Å². The Morgan fingerprint density at radius 3 is 2.94 bits per heavy atom. The van der Waals surface area contributed by atoms with E-state index in [0.29, 0.717) is 0 Å². The minimum atomic E-state index is 0. The van der Waals surface area contributed by atoms with E-state index >= 15 is 0 Å². The third kappa shape index (κ3) is 3.69. The molecule has 0 aromatic heterocycles. The van der Waals surface area contributed by atoms with Crippen LogP contribution in [0.3, 0.4) is 0 Å². The molecule has 1 unspecified atom stereocenters. The summed E-state index contributed by atoms with van der Waals surface area (Å²) >= 11 is 0. The van der Waals surface area contributed by atoms with Crippen LogP contribution in [-0.4, -0.2) is 18.0 Å². The van der Waals surface area contributed by atoms with Crippen molar-refractivity contribution in [3.63, 3.8) is 0 Å². The fourth-order valence-corrected chi connectivity index (χ4v) is 2.38. The van der Waals surface area contributed by atoms with Gasteiger partial charge in [-0.15, -0.1) is 12.4 Å². The van der Waals surface area contributed by atoms with Gasteiger partial charge in [0, 0.05) is 18.8 Å². The van der Waals surface area contributed by atoms with Crippen LogP contribution in [-0.2, 0) is 6.54 Å². The van der Waals surface area contributed by atoms with Gasteiger partial charge in [-0.05, 0) is 43.0 Å². The smallest absolute Gasteiger partial charge is 0.0317 e. The number of rotatable bonds is 2. The van der Waals surface area contributed by atoms with Crippen LogP contribution in [0.1, 0.15) is 25.3 Å². The highest BCUT2D eigenvalue weighted by atomic mass is 35.5. The Balaban J connectivity index is 0.00000128. The zero-order chi connectivity index (χ0) is 10.7. The summed E-state index contributed by atoms with van der Waals surface area (Å²) in [5.41, 5.74) is 7.98. The molecule has 1 aromatic carbocycles. The fraction of sp³-hybridized carbons (Fsp3) is 0.538. The van der Waals surface area contributed by atoms with E-state index in [0.717, 1.165) is 18.2 Å². The average molecular weight is 241 g/mol. The molecule has 1 saturated heterocycles. The van der Waals surface area contributed by atoms with Gasteiger partial charge < -0.3 is 5.73 Å². The molecule has 1 aliphatic rings. The Morgan fingerprint density at radius 1 is 1.44 bits per heavy atom. The number of piperidine rings is 1. The molecule has 16 heavy (non-hydrogen) atoms. The summed E-state index contributed by atoms with van der Waals surface area (Å²) in [4.78, 5) is 2.53. The zero-order valence-corrected chi connectivity index (χ0v) is 10.7. The third-order valence-corrected chi connectivity index (χ3v) is 3.10. The Hall–Kier alpha value is -0.730. The number of likely N-dealkylation sites (tertiary alicyclic amines) is 1. The lowest BCUT2D eigenvalue weighted by atomic mass is 10.00. The highest BCUT2D eigenvalue weighted by molar-refractivity contribution is 5.85. The molecule has 2 N–H and O–H groups in total. The Kier molecular flexibility index (Phi) is 5.10. The van der Waals surface area contributed by atoms with E-state index in [2.05, 4.69) is 24.0 Å². The Bertz CT molecular complexity index is 327. The molecule has 0 spiro atoms. The lowest BCUT2D eigenvalue weighted by Crippen LogP contribution is -2.33. The summed E-state index contributed by atoms with van der Waals surface area (Å²) < 4.78 is 0. The highest BCUT2D eigenvalue weighted by Crippen LogP contribution is 2.18. The first-order chi connectivity index (χ1) is 7.24. The first-order valence-electron chi connectivity index (χ1n) is 5.81. The van der Waals surface area contributed by atoms with Crippen LogP contribution >= 0.6 is 12.4 Å². The number of benzene rings is 1. The van der Waals surface area contributed by atoms with Crippen LogP contribution < -0.4 is 5.73 Å². The van der Waals surface area contributed by atoms with Gasteiger partial charge in [0.1, 0.15) is 0 Å². The number of halogens is 1. The number of anilines is 1.